The number of para-hydroxylation sites is 1. The molecule has 0 spiro atoms. The first-order valence-corrected chi connectivity index (χ1v) is 7.48. The van der Waals surface area contributed by atoms with Crippen LogP contribution in [0.5, 0.6) is 0 Å². The molecule has 0 saturated heterocycles. The zero-order valence-electron chi connectivity index (χ0n) is 10.2. The van der Waals surface area contributed by atoms with Gasteiger partial charge < -0.3 is 10.6 Å². The standard InChI is InChI=1S/C11H14F2N2O3S/c1-19(17,18)6-5-14-7-10(16)15-11-8(12)3-2-4-9(11)13/h2-4,14H,5-7H2,1H3,(H,15,16). The Morgan fingerprint density at radius 3 is 2.37 bits per heavy atom. The fraction of sp³-hybridized carbons (Fsp3) is 0.364. The summed E-state index contributed by atoms with van der Waals surface area (Å²) in [6, 6.07) is 3.23. The van der Waals surface area contributed by atoms with Crippen LogP contribution in [0.4, 0.5) is 14.5 Å². The van der Waals surface area contributed by atoms with Crippen LogP contribution in [0, 0.1) is 11.6 Å². The van der Waals surface area contributed by atoms with Crippen molar-refractivity contribution in [2.45, 2.75) is 0 Å². The van der Waals surface area contributed by atoms with Crippen molar-refractivity contribution in [2.24, 2.45) is 0 Å². The number of halogens is 2. The number of rotatable bonds is 6. The number of carbonyl (C=O) groups is 1. The first kappa shape index (κ1) is 15.5. The molecule has 8 heteroatoms. The van der Waals surface area contributed by atoms with Crippen LogP contribution < -0.4 is 10.6 Å². The molecule has 0 atom stereocenters. The van der Waals surface area contributed by atoms with Gasteiger partial charge >= 0.3 is 0 Å². The van der Waals surface area contributed by atoms with Gasteiger partial charge in [-0.2, -0.15) is 0 Å². The van der Waals surface area contributed by atoms with Gasteiger partial charge in [0, 0.05) is 12.8 Å². The second-order valence-electron chi connectivity index (χ2n) is 3.95. The van der Waals surface area contributed by atoms with Crippen LogP contribution in [0.2, 0.25) is 0 Å². The fourth-order valence-electron chi connectivity index (χ4n) is 1.26. The Morgan fingerprint density at radius 1 is 1.26 bits per heavy atom. The summed E-state index contributed by atoms with van der Waals surface area (Å²) in [4.78, 5) is 11.4. The number of hydrogen-bond acceptors (Lipinski definition) is 4. The Hall–Kier alpha value is -1.54. The Balaban J connectivity index is 2.44. The van der Waals surface area contributed by atoms with E-state index in [0.29, 0.717) is 0 Å². The average molecular weight is 292 g/mol. The Morgan fingerprint density at radius 2 is 1.84 bits per heavy atom. The summed E-state index contributed by atoms with van der Waals surface area (Å²) in [5.74, 6) is -2.51. The van der Waals surface area contributed by atoms with E-state index in [0.717, 1.165) is 18.4 Å². The van der Waals surface area contributed by atoms with Gasteiger partial charge in [0.05, 0.1) is 12.3 Å². The van der Waals surface area contributed by atoms with Crippen LogP contribution in [0.15, 0.2) is 18.2 Å². The minimum Gasteiger partial charge on any atom is -0.320 e. The topological polar surface area (TPSA) is 75.3 Å². The van der Waals surface area contributed by atoms with Crippen LogP contribution in [0.25, 0.3) is 0 Å². The maximum absolute atomic E-state index is 13.2. The van der Waals surface area contributed by atoms with Crippen molar-refractivity contribution in [2.75, 3.05) is 30.4 Å². The minimum atomic E-state index is -3.11. The van der Waals surface area contributed by atoms with E-state index in [1.807, 2.05) is 0 Å². The molecule has 0 aromatic heterocycles. The summed E-state index contributed by atoms with van der Waals surface area (Å²) in [7, 11) is -3.11. The molecule has 0 aliphatic rings. The van der Waals surface area contributed by atoms with E-state index in [-0.39, 0.29) is 18.8 Å². The molecule has 0 radical (unpaired) electrons. The summed E-state index contributed by atoms with van der Waals surface area (Å²) < 4.78 is 48.0. The van der Waals surface area contributed by atoms with Gasteiger partial charge in [-0.25, -0.2) is 17.2 Å². The van der Waals surface area contributed by atoms with Crippen molar-refractivity contribution in [3.63, 3.8) is 0 Å². The van der Waals surface area contributed by atoms with Crippen molar-refractivity contribution in [1.82, 2.24) is 5.32 Å². The summed E-state index contributed by atoms with van der Waals surface area (Å²) >= 11 is 0. The highest BCUT2D eigenvalue weighted by Gasteiger charge is 2.11. The van der Waals surface area contributed by atoms with Crippen LogP contribution in [0.1, 0.15) is 0 Å². The number of anilines is 1. The maximum Gasteiger partial charge on any atom is 0.238 e. The lowest BCUT2D eigenvalue weighted by molar-refractivity contribution is -0.115. The summed E-state index contributed by atoms with van der Waals surface area (Å²) in [5.41, 5.74) is -0.516. The number of carbonyl (C=O) groups excluding carboxylic acids is 1. The molecular weight excluding hydrogens is 278 g/mol. The van der Waals surface area contributed by atoms with Crippen molar-refractivity contribution in [3.05, 3.63) is 29.8 Å². The average Bonchev–Trinajstić information content (AvgIpc) is 2.28. The summed E-state index contributed by atoms with van der Waals surface area (Å²) in [6.07, 6.45) is 1.07. The van der Waals surface area contributed by atoms with Gasteiger partial charge in [0.1, 0.15) is 27.2 Å². The lowest BCUT2D eigenvalue weighted by atomic mass is 10.3. The smallest absolute Gasteiger partial charge is 0.238 e. The Labute approximate surface area is 109 Å². The summed E-state index contributed by atoms with van der Waals surface area (Å²) in [5, 5.41) is 4.64. The number of amides is 1. The first-order chi connectivity index (χ1) is 8.79. The van der Waals surface area contributed by atoms with E-state index in [9.17, 15) is 22.0 Å². The molecule has 5 nitrogen and oxygen atoms in total. The third kappa shape index (κ3) is 5.75. The van der Waals surface area contributed by atoms with E-state index in [1.54, 1.807) is 0 Å². The van der Waals surface area contributed by atoms with E-state index in [1.165, 1.54) is 6.07 Å². The lowest BCUT2D eigenvalue weighted by Gasteiger charge is -2.08. The summed E-state index contributed by atoms with van der Waals surface area (Å²) in [6.45, 7) is -0.144. The molecule has 1 aromatic carbocycles. The Kier molecular flexibility index (Phi) is 5.37. The van der Waals surface area contributed by atoms with E-state index in [4.69, 9.17) is 0 Å². The van der Waals surface area contributed by atoms with Crippen molar-refractivity contribution >= 4 is 21.4 Å². The SMILES string of the molecule is CS(=O)(=O)CCNCC(=O)Nc1c(F)cccc1F. The molecule has 0 saturated carbocycles. The molecule has 2 N–H and O–H groups in total. The van der Waals surface area contributed by atoms with Gasteiger partial charge in [0.25, 0.3) is 0 Å². The number of hydrogen-bond donors (Lipinski definition) is 2. The second-order valence-corrected chi connectivity index (χ2v) is 6.21. The number of benzene rings is 1. The van der Waals surface area contributed by atoms with Crippen molar-refractivity contribution < 1.29 is 22.0 Å². The van der Waals surface area contributed by atoms with Crippen LogP contribution in [0.3, 0.4) is 0 Å². The van der Waals surface area contributed by atoms with Gasteiger partial charge in [-0.1, -0.05) is 6.07 Å². The predicted octanol–water partition coefficient (Wildman–Crippen LogP) is 0.537. The Bertz CT molecular complexity index is 541. The van der Waals surface area contributed by atoms with Gasteiger partial charge in [-0.05, 0) is 12.1 Å². The predicted molar refractivity (Wildman–Crippen MR) is 67.6 cm³/mol. The zero-order chi connectivity index (χ0) is 14.5. The van der Waals surface area contributed by atoms with Crippen molar-refractivity contribution in [3.8, 4) is 0 Å². The molecule has 0 aliphatic carbocycles. The van der Waals surface area contributed by atoms with Gasteiger partial charge in [0.2, 0.25) is 5.91 Å². The second kappa shape index (κ2) is 6.58. The molecule has 106 valence electrons. The highest BCUT2D eigenvalue weighted by Crippen LogP contribution is 2.17. The highest BCUT2D eigenvalue weighted by atomic mass is 32.2. The molecule has 0 heterocycles. The highest BCUT2D eigenvalue weighted by molar-refractivity contribution is 7.90. The van der Waals surface area contributed by atoms with Crippen LogP contribution in [-0.2, 0) is 14.6 Å². The lowest BCUT2D eigenvalue weighted by Crippen LogP contribution is -2.31. The largest absolute Gasteiger partial charge is 0.320 e. The van der Waals surface area contributed by atoms with E-state index >= 15 is 0 Å². The monoisotopic (exact) mass is 292 g/mol. The molecule has 0 fully saturated rings. The number of nitrogens with one attached hydrogen (secondary N) is 2. The molecular formula is C11H14F2N2O3S. The molecule has 19 heavy (non-hydrogen) atoms. The van der Waals surface area contributed by atoms with Crippen molar-refractivity contribution in [1.29, 1.82) is 0 Å². The van der Waals surface area contributed by atoms with E-state index in [2.05, 4.69) is 10.6 Å². The van der Waals surface area contributed by atoms with Gasteiger partial charge in [0.15, 0.2) is 0 Å². The third-order valence-corrected chi connectivity index (χ3v) is 3.11. The molecule has 0 aliphatic heterocycles. The number of sulfone groups is 1. The fourth-order valence-corrected chi connectivity index (χ4v) is 1.78. The van der Waals surface area contributed by atoms with Crippen LogP contribution in [-0.4, -0.2) is 39.4 Å². The van der Waals surface area contributed by atoms with Crippen LogP contribution >= 0.6 is 0 Å². The van der Waals surface area contributed by atoms with Gasteiger partial charge in [-0.15, -0.1) is 0 Å². The first-order valence-electron chi connectivity index (χ1n) is 5.42. The van der Waals surface area contributed by atoms with E-state index < -0.39 is 33.1 Å². The molecule has 0 unspecified atom stereocenters. The molecule has 0 bridgehead atoms. The third-order valence-electron chi connectivity index (χ3n) is 2.16. The molecule has 1 aromatic rings. The van der Waals surface area contributed by atoms with Gasteiger partial charge in [-0.3, -0.25) is 4.79 Å². The maximum atomic E-state index is 13.2. The zero-order valence-corrected chi connectivity index (χ0v) is 11.1. The normalized spacial score (nSPS) is 11.3. The minimum absolute atomic E-state index is 0.0893. The quantitative estimate of drug-likeness (QED) is 0.750. The molecule has 1 rings (SSSR count). The molecule has 1 amide bonds.